The van der Waals surface area contributed by atoms with Crippen LogP contribution in [0.1, 0.15) is 46.5 Å². The molecule has 1 fully saturated rings. The third-order valence-electron chi connectivity index (χ3n) is 4.22. The number of hydrogen-bond acceptors (Lipinski definition) is 3. The Morgan fingerprint density at radius 1 is 1.29 bits per heavy atom. The fraction of sp³-hybridized carbons (Fsp3) is 0.929. The summed E-state index contributed by atoms with van der Waals surface area (Å²) in [5.41, 5.74) is -0.316. The van der Waals surface area contributed by atoms with E-state index >= 15 is 0 Å². The first-order valence-electron chi connectivity index (χ1n) is 7.05. The summed E-state index contributed by atoms with van der Waals surface area (Å²) < 4.78 is 0. The van der Waals surface area contributed by atoms with Gasteiger partial charge in [-0.2, -0.15) is 5.26 Å². The molecular formula is C14H27N3. The fourth-order valence-corrected chi connectivity index (χ4v) is 2.79. The summed E-state index contributed by atoms with van der Waals surface area (Å²) in [6, 6.07) is 2.50. The van der Waals surface area contributed by atoms with Gasteiger partial charge in [-0.3, -0.25) is 5.32 Å². The van der Waals surface area contributed by atoms with E-state index in [2.05, 4.69) is 37.1 Å². The minimum atomic E-state index is -0.316. The molecule has 1 saturated carbocycles. The molecule has 1 atom stereocenters. The van der Waals surface area contributed by atoms with Crippen LogP contribution in [-0.2, 0) is 0 Å². The molecule has 3 nitrogen and oxygen atoms in total. The van der Waals surface area contributed by atoms with Gasteiger partial charge in [0.05, 0.1) is 6.07 Å². The third-order valence-corrected chi connectivity index (χ3v) is 4.22. The van der Waals surface area contributed by atoms with E-state index in [1.54, 1.807) is 0 Å². The van der Waals surface area contributed by atoms with Crippen LogP contribution < -0.4 is 5.32 Å². The zero-order chi connectivity index (χ0) is 12.7. The Morgan fingerprint density at radius 2 is 1.88 bits per heavy atom. The van der Waals surface area contributed by atoms with Crippen molar-refractivity contribution in [1.82, 2.24) is 10.2 Å². The average Bonchev–Trinajstić information content (AvgIpc) is 2.89. The van der Waals surface area contributed by atoms with E-state index in [1.807, 2.05) is 0 Å². The van der Waals surface area contributed by atoms with Gasteiger partial charge in [0, 0.05) is 13.1 Å². The fourth-order valence-electron chi connectivity index (χ4n) is 2.79. The molecule has 0 radical (unpaired) electrons. The van der Waals surface area contributed by atoms with Crippen molar-refractivity contribution in [3.8, 4) is 6.07 Å². The molecule has 1 rings (SSSR count). The van der Waals surface area contributed by atoms with Crippen LogP contribution >= 0.6 is 0 Å². The quantitative estimate of drug-likeness (QED) is 0.739. The Labute approximate surface area is 106 Å². The van der Waals surface area contributed by atoms with Gasteiger partial charge in [0.25, 0.3) is 0 Å². The molecule has 0 aromatic rings. The summed E-state index contributed by atoms with van der Waals surface area (Å²) in [6.07, 6.45) is 5.00. The lowest BCUT2D eigenvalue weighted by Crippen LogP contribution is -2.49. The molecule has 1 aliphatic rings. The van der Waals surface area contributed by atoms with Gasteiger partial charge < -0.3 is 4.90 Å². The molecule has 17 heavy (non-hydrogen) atoms. The summed E-state index contributed by atoms with van der Waals surface area (Å²) >= 11 is 0. The van der Waals surface area contributed by atoms with Crippen LogP contribution in [0.25, 0.3) is 0 Å². The predicted octanol–water partition coefficient (Wildman–Crippen LogP) is 2.39. The summed E-state index contributed by atoms with van der Waals surface area (Å²) in [7, 11) is 0. The second-order valence-electron chi connectivity index (χ2n) is 5.25. The first-order chi connectivity index (χ1) is 8.16. The van der Waals surface area contributed by atoms with E-state index in [9.17, 15) is 5.26 Å². The van der Waals surface area contributed by atoms with E-state index in [4.69, 9.17) is 0 Å². The average molecular weight is 237 g/mol. The maximum atomic E-state index is 9.40. The van der Waals surface area contributed by atoms with Crippen LogP contribution in [0.15, 0.2) is 0 Å². The molecule has 1 aliphatic carbocycles. The van der Waals surface area contributed by atoms with Gasteiger partial charge >= 0.3 is 0 Å². The van der Waals surface area contributed by atoms with E-state index in [0.29, 0.717) is 5.92 Å². The van der Waals surface area contributed by atoms with Crippen molar-refractivity contribution in [3.63, 3.8) is 0 Å². The van der Waals surface area contributed by atoms with E-state index in [0.717, 1.165) is 26.2 Å². The van der Waals surface area contributed by atoms with Crippen LogP contribution in [0.3, 0.4) is 0 Å². The van der Waals surface area contributed by atoms with Crippen LogP contribution in [0.2, 0.25) is 0 Å². The molecule has 1 N–H and O–H groups in total. The maximum Gasteiger partial charge on any atom is 0.106 e. The molecule has 0 aromatic carbocycles. The first-order valence-corrected chi connectivity index (χ1v) is 7.05. The van der Waals surface area contributed by atoms with Crippen molar-refractivity contribution in [2.75, 3.05) is 26.2 Å². The standard InChI is InChI=1S/C14H27N3/c1-4-17(5-2)11-10-16-14(3,12-15)13-8-6-7-9-13/h13,16H,4-11H2,1-3H3. The molecule has 98 valence electrons. The van der Waals surface area contributed by atoms with Gasteiger partial charge in [-0.1, -0.05) is 26.7 Å². The number of nitrogens with one attached hydrogen (secondary N) is 1. The van der Waals surface area contributed by atoms with Gasteiger partial charge in [-0.05, 0) is 38.8 Å². The van der Waals surface area contributed by atoms with Crippen LogP contribution in [0, 0.1) is 17.2 Å². The summed E-state index contributed by atoms with van der Waals surface area (Å²) in [6.45, 7) is 10.6. The lowest BCUT2D eigenvalue weighted by molar-refractivity contribution is 0.258. The number of hydrogen-bond donors (Lipinski definition) is 1. The second kappa shape index (κ2) is 6.98. The summed E-state index contributed by atoms with van der Waals surface area (Å²) in [5.74, 6) is 0.546. The monoisotopic (exact) mass is 237 g/mol. The molecule has 0 saturated heterocycles. The Kier molecular flexibility index (Phi) is 5.94. The van der Waals surface area contributed by atoms with Crippen LogP contribution in [-0.4, -0.2) is 36.6 Å². The molecular weight excluding hydrogens is 210 g/mol. The highest BCUT2D eigenvalue weighted by molar-refractivity contribution is 5.08. The van der Waals surface area contributed by atoms with Gasteiger partial charge in [-0.15, -0.1) is 0 Å². The van der Waals surface area contributed by atoms with Crippen molar-refractivity contribution in [1.29, 1.82) is 5.26 Å². The van der Waals surface area contributed by atoms with E-state index in [1.165, 1.54) is 25.7 Å². The SMILES string of the molecule is CCN(CC)CCNC(C)(C#N)C1CCCC1. The molecule has 0 aromatic heterocycles. The van der Waals surface area contributed by atoms with Crippen molar-refractivity contribution < 1.29 is 0 Å². The highest BCUT2D eigenvalue weighted by Gasteiger charge is 2.35. The molecule has 0 spiro atoms. The molecule has 1 unspecified atom stereocenters. The van der Waals surface area contributed by atoms with Gasteiger partial charge in [0.2, 0.25) is 0 Å². The molecule has 0 amide bonds. The minimum Gasteiger partial charge on any atom is -0.303 e. The first kappa shape index (κ1) is 14.5. The van der Waals surface area contributed by atoms with Crippen molar-refractivity contribution in [3.05, 3.63) is 0 Å². The minimum absolute atomic E-state index is 0.316. The number of nitrogens with zero attached hydrogens (tertiary/aromatic N) is 2. The molecule has 3 heteroatoms. The lowest BCUT2D eigenvalue weighted by Gasteiger charge is -2.31. The highest BCUT2D eigenvalue weighted by Crippen LogP contribution is 2.33. The number of nitriles is 1. The van der Waals surface area contributed by atoms with Crippen LogP contribution in [0.5, 0.6) is 0 Å². The number of likely N-dealkylation sites (N-methyl/N-ethyl adjacent to an activating group) is 1. The molecule has 0 aliphatic heterocycles. The van der Waals surface area contributed by atoms with Crippen molar-refractivity contribution in [2.24, 2.45) is 5.92 Å². The van der Waals surface area contributed by atoms with Crippen molar-refractivity contribution >= 4 is 0 Å². The zero-order valence-corrected chi connectivity index (χ0v) is 11.6. The smallest absolute Gasteiger partial charge is 0.106 e. The predicted molar refractivity (Wildman–Crippen MR) is 71.8 cm³/mol. The number of rotatable bonds is 7. The maximum absolute atomic E-state index is 9.40. The van der Waals surface area contributed by atoms with Crippen LogP contribution in [0.4, 0.5) is 0 Å². The van der Waals surface area contributed by atoms with Gasteiger partial charge in [0.15, 0.2) is 0 Å². The summed E-state index contributed by atoms with van der Waals surface area (Å²) in [4.78, 5) is 2.39. The van der Waals surface area contributed by atoms with Gasteiger partial charge in [-0.25, -0.2) is 0 Å². The third kappa shape index (κ3) is 3.97. The van der Waals surface area contributed by atoms with Crippen molar-refractivity contribution in [2.45, 2.75) is 52.0 Å². The largest absolute Gasteiger partial charge is 0.303 e. The Hall–Kier alpha value is -0.590. The Morgan fingerprint density at radius 3 is 2.35 bits per heavy atom. The Balaban J connectivity index is 2.38. The topological polar surface area (TPSA) is 39.1 Å². The highest BCUT2D eigenvalue weighted by atomic mass is 15.1. The summed E-state index contributed by atoms with van der Waals surface area (Å²) in [5, 5.41) is 12.9. The lowest BCUT2D eigenvalue weighted by atomic mass is 9.85. The zero-order valence-electron chi connectivity index (χ0n) is 11.6. The second-order valence-corrected chi connectivity index (χ2v) is 5.25. The van der Waals surface area contributed by atoms with E-state index < -0.39 is 0 Å². The normalized spacial score (nSPS) is 20.4. The van der Waals surface area contributed by atoms with E-state index in [-0.39, 0.29) is 5.54 Å². The molecule has 0 heterocycles. The molecule has 0 bridgehead atoms. The Bertz CT molecular complexity index is 249. The van der Waals surface area contributed by atoms with Gasteiger partial charge in [0.1, 0.15) is 5.54 Å².